The molecule has 0 N–H and O–H groups in total. The lowest BCUT2D eigenvalue weighted by molar-refractivity contribution is -0.135. The minimum absolute atomic E-state index is 0.0107. The van der Waals surface area contributed by atoms with Crippen molar-refractivity contribution in [3.05, 3.63) is 53.5 Å². The molecule has 2 aromatic heterocycles. The molecule has 4 aromatic rings. The molecule has 1 aliphatic heterocycles. The van der Waals surface area contributed by atoms with Crippen LogP contribution in [0.1, 0.15) is 35.6 Å². The first-order valence-electron chi connectivity index (χ1n) is 10.1. The molecule has 1 saturated heterocycles. The Hall–Kier alpha value is -3.13. The highest BCUT2D eigenvalue weighted by Gasteiger charge is 2.32. The number of para-hydroxylation sites is 2. The van der Waals surface area contributed by atoms with E-state index in [0.29, 0.717) is 30.9 Å². The molecule has 0 saturated carbocycles. The van der Waals surface area contributed by atoms with Gasteiger partial charge in [-0.1, -0.05) is 29.5 Å². The number of fused-ring (bicyclic) bond motifs is 2. The van der Waals surface area contributed by atoms with Crippen LogP contribution in [0, 0.1) is 5.92 Å². The van der Waals surface area contributed by atoms with Crippen LogP contribution in [0.15, 0.2) is 48.5 Å². The molecule has 0 spiro atoms. The molecule has 1 fully saturated rings. The first-order chi connectivity index (χ1) is 14.6. The molecule has 0 radical (unpaired) electrons. The fourth-order valence-electron chi connectivity index (χ4n) is 4.06. The Kier molecular flexibility index (Phi) is 4.78. The Bertz CT molecular complexity index is 1210. The maximum Gasteiger partial charge on any atom is 0.247 e. The third kappa shape index (κ3) is 3.27. The summed E-state index contributed by atoms with van der Waals surface area (Å²) < 4.78 is 2.71. The van der Waals surface area contributed by atoms with E-state index in [2.05, 4.69) is 15.3 Å². The van der Waals surface area contributed by atoms with Crippen LogP contribution in [0.2, 0.25) is 0 Å². The highest BCUT2D eigenvalue weighted by molar-refractivity contribution is 7.20. The predicted octanol–water partition coefficient (Wildman–Crippen LogP) is 3.72. The van der Waals surface area contributed by atoms with E-state index in [0.717, 1.165) is 21.3 Å². The van der Waals surface area contributed by atoms with Crippen molar-refractivity contribution in [2.75, 3.05) is 13.1 Å². The minimum atomic E-state index is -0.436. The minimum Gasteiger partial charge on any atom is -0.341 e. The van der Waals surface area contributed by atoms with Crippen molar-refractivity contribution >= 4 is 44.3 Å². The van der Waals surface area contributed by atoms with Gasteiger partial charge in [0.15, 0.2) is 10.8 Å². The Morgan fingerprint density at radius 2 is 1.73 bits per heavy atom. The molecular formula is C22H21N5O2S. The van der Waals surface area contributed by atoms with E-state index < -0.39 is 6.04 Å². The van der Waals surface area contributed by atoms with Gasteiger partial charge in [-0.3, -0.25) is 9.59 Å². The van der Waals surface area contributed by atoms with Gasteiger partial charge in [0.25, 0.3) is 0 Å². The van der Waals surface area contributed by atoms with Gasteiger partial charge in [-0.05, 0) is 44.0 Å². The fourth-order valence-corrected chi connectivity index (χ4v) is 5.04. The van der Waals surface area contributed by atoms with E-state index in [9.17, 15) is 9.59 Å². The molecule has 1 atom stereocenters. The first kappa shape index (κ1) is 18.9. The average Bonchev–Trinajstić information content (AvgIpc) is 3.42. The SMILES string of the molecule is C[C@H](C(=O)N1CCC(C(=O)c2nc3ccccc3s2)CC1)n1nnc2ccccc21. The fraction of sp³-hybridized carbons (Fsp3) is 0.318. The number of carbonyl (C=O) groups is 2. The van der Waals surface area contributed by atoms with Gasteiger partial charge >= 0.3 is 0 Å². The third-order valence-corrected chi connectivity index (χ3v) is 6.83. The number of nitrogens with zero attached hydrogens (tertiary/aromatic N) is 5. The van der Waals surface area contributed by atoms with Crippen LogP contribution in [-0.4, -0.2) is 49.7 Å². The number of hydrogen-bond acceptors (Lipinski definition) is 6. The summed E-state index contributed by atoms with van der Waals surface area (Å²) >= 11 is 1.45. The summed E-state index contributed by atoms with van der Waals surface area (Å²) in [6, 6.07) is 15.0. The number of thiazole rings is 1. The summed E-state index contributed by atoms with van der Waals surface area (Å²) in [7, 11) is 0. The van der Waals surface area contributed by atoms with E-state index in [1.807, 2.05) is 60.4 Å². The van der Waals surface area contributed by atoms with Crippen LogP contribution in [0.4, 0.5) is 0 Å². The maximum atomic E-state index is 13.0. The lowest BCUT2D eigenvalue weighted by atomic mass is 9.92. The molecule has 1 aliphatic rings. The van der Waals surface area contributed by atoms with E-state index in [1.54, 1.807) is 4.68 Å². The Morgan fingerprint density at radius 3 is 2.50 bits per heavy atom. The van der Waals surface area contributed by atoms with Gasteiger partial charge in [-0.25, -0.2) is 9.67 Å². The predicted molar refractivity (Wildman–Crippen MR) is 115 cm³/mol. The van der Waals surface area contributed by atoms with Crippen molar-refractivity contribution in [1.29, 1.82) is 0 Å². The van der Waals surface area contributed by atoms with E-state index in [-0.39, 0.29) is 17.6 Å². The second kappa shape index (κ2) is 7.60. The van der Waals surface area contributed by atoms with Gasteiger partial charge in [-0.15, -0.1) is 16.4 Å². The summed E-state index contributed by atoms with van der Waals surface area (Å²) in [4.78, 5) is 32.3. The monoisotopic (exact) mass is 419 g/mol. The third-order valence-electron chi connectivity index (χ3n) is 5.78. The number of amides is 1. The van der Waals surface area contributed by atoms with Crippen LogP contribution < -0.4 is 0 Å². The molecule has 1 amide bonds. The largest absolute Gasteiger partial charge is 0.341 e. The number of aromatic nitrogens is 4. The second-order valence-electron chi connectivity index (χ2n) is 7.65. The first-order valence-corrected chi connectivity index (χ1v) is 10.9. The molecule has 0 unspecified atom stereocenters. The number of ketones is 1. The number of piperidine rings is 1. The van der Waals surface area contributed by atoms with Crippen LogP contribution in [0.5, 0.6) is 0 Å². The van der Waals surface area contributed by atoms with Crippen molar-refractivity contribution in [3.63, 3.8) is 0 Å². The smallest absolute Gasteiger partial charge is 0.247 e. The number of rotatable bonds is 4. The molecule has 5 rings (SSSR count). The van der Waals surface area contributed by atoms with Gasteiger partial charge in [0.1, 0.15) is 11.6 Å². The lowest BCUT2D eigenvalue weighted by Crippen LogP contribution is -2.43. The molecule has 0 bridgehead atoms. The van der Waals surface area contributed by atoms with E-state index in [4.69, 9.17) is 0 Å². The van der Waals surface area contributed by atoms with Crippen LogP contribution in [0.3, 0.4) is 0 Å². The zero-order chi connectivity index (χ0) is 20.7. The Morgan fingerprint density at radius 1 is 1.03 bits per heavy atom. The quantitative estimate of drug-likeness (QED) is 0.471. The number of benzene rings is 2. The molecule has 30 heavy (non-hydrogen) atoms. The van der Waals surface area contributed by atoms with E-state index in [1.165, 1.54) is 11.3 Å². The van der Waals surface area contributed by atoms with Crippen molar-refractivity contribution in [2.45, 2.75) is 25.8 Å². The van der Waals surface area contributed by atoms with Gasteiger partial charge < -0.3 is 4.90 Å². The number of Topliss-reactive ketones (excluding diaryl/α,β-unsaturated/α-hetero) is 1. The molecule has 3 heterocycles. The second-order valence-corrected chi connectivity index (χ2v) is 8.68. The normalized spacial score (nSPS) is 16.2. The Labute approximate surface area is 177 Å². The van der Waals surface area contributed by atoms with Gasteiger partial charge in [0.05, 0.1) is 15.7 Å². The summed E-state index contributed by atoms with van der Waals surface area (Å²) in [5.74, 6) is 0.0206. The van der Waals surface area contributed by atoms with Crippen molar-refractivity contribution in [3.8, 4) is 0 Å². The van der Waals surface area contributed by atoms with Crippen LogP contribution in [0.25, 0.3) is 21.3 Å². The Balaban J connectivity index is 1.26. The lowest BCUT2D eigenvalue weighted by Gasteiger charge is -2.32. The maximum absolute atomic E-state index is 13.0. The molecule has 0 aliphatic carbocycles. The van der Waals surface area contributed by atoms with E-state index >= 15 is 0 Å². The summed E-state index contributed by atoms with van der Waals surface area (Å²) in [6.07, 6.45) is 1.32. The number of carbonyl (C=O) groups excluding carboxylic acids is 2. The van der Waals surface area contributed by atoms with Crippen LogP contribution in [-0.2, 0) is 4.79 Å². The zero-order valence-corrected chi connectivity index (χ0v) is 17.4. The van der Waals surface area contributed by atoms with Crippen molar-refractivity contribution < 1.29 is 9.59 Å². The highest BCUT2D eigenvalue weighted by atomic mass is 32.1. The van der Waals surface area contributed by atoms with Gasteiger partial charge in [0, 0.05) is 19.0 Å². The standard InChI is InChI=1S/C22H21N5O2S/c1-14(27-18-8-4-2-6-16(18)24-25-27)22(29)26-12-10-15(11-13-26)20(28)21-23-17-7-3-5-9-19(17)30-21/h2-9,14-15H,10-13H2,1H3/t14-/m1/s1. The zero-order valence-electron chi connectivity index (χ0n) is 16.6. The van der Waals surface area contributed by atoms with Crippen molar-refractivity contribution in [1.82, 2.24) is 24.9 Å². The molecule has 8 heteroatoms. The van der Waals surface area contributed by atoms with Crippen LogP contribution >= 0.6 is 11.3 Å². The molecule has 7 nitrogen and oxygen atoms in total. The van der Waals surface area contributed by atoms with Crippen molar-refractivity contribution in [2.24, 2.45) is 5.92 Å². The molecule has 2 aromatic carbocycles. The molecular weight excluding hydrogens is 398 g/mol. The number of hydrogen-bond donors (Lipinski definition) is 0. The van der Waals surface area contributed by atoms with Gasteiger partial charge in [-0.2, -0.15) is 0 Å². The van der Waals surface area contributed by atoms with Gasteiger partial charge in [0.2, 0.25) is 5.91 Å². The summed E-state index contributed by atoms with van der Waals surface area (Å²) in [6.45, 7) is 2.98. The average molecular weight is 420 g/mol. The number of likely N-dealkylation sites (tertiary alicyclic amines) is 1. The molecule has 152 valence electrons. The summed E-state index contributed by atoms with van der Waals surface area (Å²) in [5, 5.41) is 8.89. The topological polar surface area (TPSA) is 81.0 Å². The highest BCUT2D eigenvalue weighted by Crippen LogP contribution is 2.28. The summed E-state index contributed by atoms with van der Waals surface area (Å²) in [5.41, 5.74) is 2.49.